The number of rotatable bonds is 4. The summed E-state index contributed by atoms with van der Waals surface area (Å²) in [5.41, 5.74) is 10.7. The third-order valence-corrected chi connectivity index (χ3v) is 10.7. The SMILES string of the molecule is CC1(C)c2ccccc2-c2ccc(-c3cccc4c5ccccc5c5cc(-c6nc(-c7ccccc7)nc(-c7ccccc7)n6)ccc5c34)cc21. The Morgan fingerprint density at radius 1 is 0.333 bits per heavy atom. The van der Waals surface area contributed by atoms with Crippen LogP contribution in [0.3, 0.4) is 0 Å². The summed E-state index contributed by atoms with van der Waals surface area (Å²) in [7, 11) is 0. The van der Waals surface area contributed by atoms with Crippen LogP contribution in [0.15, 0.2) is 164 Å². The van der Waals surface area contributed by atoms with Gasteiger partial charge in [-0.1, -0.05) is 166 Å². The van der Waals surface area contributed by atoms with Crippen LogP contribution < -0.4 is 0 Å². The average Bonchev–Trinajstić information content (AvgIpc) is 3.43. The molecular weight excluding hydrogens is 619 g/mol. The quantitative estimate of drug-likeness (QED) is 0.178. The molecule has 0 amide bonds. The van der Waals surface area contributed by atoms with Crippen LogP contribution in [0.4, 0.5) is 0 Å². The van der Waals surface area contributed by atoms with Gasteiger partial charge >= 0.3 is 0 Å². The van der Waals surface area contributed by atoms with Gasteiger partial charge in [-0.15, -0.1) is 0 Å². The summed E-state index contributed by atoms with van der Waals surface area (Å²) in [4.78, 5) is 15.0. The first kappa shape index (κ1) is 29.5. The van der Waals surface area contributed by atoms with Crippen molar-refractivity contribution in [3.05, 3.63) is 175 Å². The number of nitrogens with zero attached hydrogens (tertiary/aromatic N) is 3. The van der Waals surface area contributed by atoms with E-state index in [4.69, 9.17) is 15.0 Å². The summed E-state index contributed by atoms with van der Waals surface area (Å²) in [6, 6.07) is 58.5. The normalized spacial score (nSPS) is 13.1. The number of fused-ring (bicyclic) bond motifs is 9. The van der Waals surface area contributed by atoms with Crippen molar-refractivity contribution < 1.29 is 0 Å². The number of hydrogen-bond acceptors (Lipinski definition) is 3. The summed E-state index contributed by atoms with van der Waals surface area (Å²) >= 11 is 0. The third-order valence-electron chi connectivity index (χ3n) is 10.7. The maximum atomic E-state index is 5.06. The molecule has 0 unspecified atom stereocenters. The van der Waals surface area contributed by atoms with Crippen molar-refractivity contribution in [1.82, 2.24) is 15.0 Å². The molecule has 0 saturated heterocycles. The summed E-state index contributed by atoms with van der Waals surface area (Å²) < 4.78 is 0. The van der Waals surface area contributed by atoms with Crippen LogP contribution >= 0.6 is 0 Å². The van der Waals surface area contributed by atoms with Gasteiger partial charge in [-0.2, -0.15) is 0 Å². The minimum absolute atomic E-state index is 0.0715. The van der Waals surface area contributed by atoms with E-state index < -0.39 is 0 Å². The van der Waals surface area contributed by atoms with Crippen molar-refractivity contribution >= 4 is 32.3 Å². The fourth-order valence-corrected chi connectivity index (χ4v) is 8.19. The lowest BCUT2D eigenvalue weighted by molar-refractivity contribution is 0.660. The summed E-state index contributed by atoms with van der Waals surface area (Å²) in [6.45, 7) is 4.70. The maximum Gasteiger partial charge on any atom is 0.164 e. The van der Waals surface area contributed by atoms with Crippen LogP contribution in [-0.4, -0.2) is 15.0 Å². The smallest absolute Gasteiger partial charge is 0.164 e. The highest BCUT2D eigenvalue weighted by molar-refractivity contribution is 6.28. The third kappa shape index (κ3) is 4.62. The highest BCUT2D eigenvalue weighted by atomic mass is 15.0. The number of benzene rings is 8. The van der Waals surface area contributed by atoms with E-state index in [2.05, 4.69) is 117 Å². The van der Waals surface area contributed by atoms with Crippen LogP contribution in [0.5, 0.6) is 0 Å². The second kappa shape index (κ2) is 11.3. The standard InChI is InChI=1S/C48H33N3/c1-48(2)42-23-12-11-20-37(42)38-26-24-32(29-43(38)48)34-21-13-22-39-35-18-9-10-19-36(35)41-28-33(25-27-40(41)44(34)39)47-50-45(30-14-5-3-6-15-30)49-46(51-47)31-16-7-4-8-17-31/h3-29H,1-2H3. The Labute approximate surface area is 297 Å². The van der Waals surface area contributed by atoms with Crippen LogP contribution in [0.1, 0.15) is 25.0 Å². The Balaban J connectivity index is 1.21. The molecule has 1 aliphatic rings. The van der Waals surface area contributed by atoms with Crippen LogP contribution in [0.2, 0.25) is 0 Å². The van der Waals surface area contributed by atoms with E-state index in [1.165, 1.54) is 65.7 Å². The van der Waals surface area contributed by atoms with Gasteiger partial charge in [0, 0.05) is 22.1 Å². The molecule has 0 N–H and O–H groups in total. The second-order valence-electron chi connectivity index (χ2n) is 14.0. The zero-order chi connectivity index (χ0) is 34.1. The summed E-state index contributed by atoms with van der Waals surface area (Å²) in [6.07, 6.45) is 0. The van der Waals surface area contributed by atoms with E-state index in [1.54, 1.807) is 0 Å². The Hall–Kier alpha value is -6.45. The predicted molar refractivity (Wildman–Crippen MR) is 212 cm³/mol. The van der Waals surface area contributed by atoms with Crippen LogP contribution in [0, 0.1) is 0 Å². The number of hydrogen-bond donors (Lipinski definition) is 0. The molecule has 0 fully saturated rings. The van der Waals surface area contributed by atoms with Crippen molar-refractivity contribution in [2.75, 3.05) is 0 Å². The lowest BCUT2D eigenvalue weighted by Crippen LogP contribution is -2.14. The first-order valence-corrected chi connectivity index (χ1v) is 17.5. The van der Waals surface area contributed by atoms with Gasteiger partial charge in [-0.05, 0) is 77.8 Å². The molecule has 0 saturated carbocycles. The van der Waals surface area contributed by atoms with Gasteiger partial charge in [-0.25, -0.2) is 15.0 Å². The average molecular weight is 652 g/mol. The molecule has 3 heteroatoms. The Morgan fingerprint density at radius 3 is 1.55 bits per heavy atom. The molecule has 1 aromatic heterocycles. The minimum atomic E-state index is -0.0715. The van der Waals surface area contributed by atoms with Crippen LogP contribution in [0.25, 0.3) is 88.7 Å². The molecule has 1 heterocycles. The molecule has 0 atom stereocenters. The second-order valence-corrected chi connectivity index (χ2v) is 14.0. The molecule has 0 spiro atoms. The lowest BCUT2D eigenvalue weighted by atomic mass is 9.81. The Morgan fingerprint density at radius 2 is 0.843 bits per heavy atom. The first-order chi connectivity index (χ1) is 25.0. The van der Waals surface area contributed by atoms with Crippen molar-refractivity contribution in [1.29, 1.82) is 0 Å². The first-order valence-electron chi connectivity index (χ1n) is 17.5. The molecule has 51 heavy (non-hydrogen) atoms. The van der Waals surface area contributed by atoms with Crippen molar-refractivity contribution in [2.45, 2.75) is 19.3 Å². The molecular formula is C48H33N3. The Kier molecular flexibility index (Phi) is 6.53. The fourth-order valence-electron chi connectivity index (χ4n) is 8.19. The fraction of sp³-hybridized carbons (Fsp3) is 0.0625. The molecule has 10 rings (SSSR count). The largest absolute Gasteiger partial charge is 0.208 e. The molecule has 0 bridgehead atoms. The monoisotopic (exact) mass is 651 g/mol. The van der Waals surface area contributed by atoms with E-state index in [-0.39, 0.29) is 5.41 Å². The van der Waals surface area contributed by atoms with Crippen molar-refractivity contribution in [2.24, 2.45) is 0 Å². The van der Waals surface area contributed by atoms with Gasteiger partial charge in [-0.3, -0.25) is 0 Å². The lowest BCUT2D eigenvalue weighted by Gasteiger charge is -2.22. The summed E-state index contributed by atoms with van der Waals surface area (Å²) in [5, 5.41) is 7.36. The van der Waals surface area contributed by atoms with Gasteiger partial charge in [0.1, 0.15) is 0 Å². The van der Waals surface area contributed by atoms with E-state index in [0.29, 0.717) is 17.5 Å². The molecule has 0 radical (unpaired) electrons. The molecule has 240 valence electrons. The highest BCUT2D eigenvalue weighted by Crippen LogP contribution is 2.50. The maximum absolute atomic E-state index is 5.06. The number of aromatic nitrogens is 3. The molecule has 9 aromatic rings. The van der Waals surface area contributed by atoms with Gasteiger partial charge in [0.2, 0.25) is 0 Å². The van der Waals surface area contributed by atoms with Crippen molar-refractivity contribution in [3.63, 3.8) is 0 Å². The predicted octanol–water partition coefficient (Wildman–Crippen LogP) is 12.3. The molecule has 8 aromatic carbocycles. The molecule has 0 aliphatic heterocycles. The van der Waals surface area contributed by atoms with E-state index in [1.807, 2.05) is 60.7 Å². The van der Waals surface area contributed by atoms with Gasteiger partial charge in [0.25, 0.3) is 0 Å². The zero-order valence-corrected chi connectivity index (χ0v) is 28.4. The zero-order valence-electron chi connectivity index (χ0n) is 28.4. The highest BCUT2D eigenvalue weighted by Gasteiger charge is 2.35. The van der Waals surface area contributed by atoms with E-state index in [9.17, 15) is 0 Å². The summed E-state index contributed by atoms with van der Waals surface area (Å²) in [5.74, 6) is 1.97. The van der Waals surface area contributed by atoms with Crippen molar-refractivity contribution in [3.8, 4) is 56.4 Å². The van der Waals surface area contributed by atoms with E-state index >= 15 is 0 Å². The topological polar surface area (TPSA) is 38.7 Å². The molecule has 1 aliphatic carbocycles. The van der Waals surface area contributed by atoms with Gasteiger partial charge < -0.3 is 0 Å². The Bertz CT molecular complexity index is 2760. The van der Waals surface area contributed by atoms with Crippen LogP contribution in [-0.2, 0) is 5.41 Å². The van der Waals surface area contributed by atoms with Gasteiger partial charge in [0.05, 0.1) is 0 Å². The van der Waals surface area contributed by atoms with Gasteiger partial charge in [0.15, 0.2) is 17.5 Å². The minimum Gasteiger partial charge on any atom is -0.208 e. The molecule has 3 nitrogen and oxygen atoms in total. The van der Waals surface area contributed by atoms with E-state index in [0.717, 1.165) is 16.7 Å².